The fourth-order valence-corrected chi connectivity index (χ4v) is 2.98. The van der Waals surface area contributed by atoms with Crippen LogP contribution >= 0.6 is 0 Å². The van der Waals surface area contributed by atoms with E-state index in [2.05, 4.69) is 31.0 Å². The molecule has 0 spiro atoms. The van der Waals surface area contributed by atoms with E-state index in [9.17, 15) is 4.79 Å². The van der Waals surface area contributed by atoms with E-state index in [0.717, 1.165) is 31.7 Å². The minimum atomic E-state index is 0.0297. The van der Waals surface area contributed by atoms with E-state index < -0.39 is 0 Å². The van der Waals surface area contributed by atoms with Crippen LogP contribution in [0.1, 0.15) is 52.9 Å². The molecule has 0 aliphatic heterocycles. The molecular formula is C16H33N3O. The quantitative estimate of drug-likeness (QED) is 0.751. The molecule has 0 atom stereocenters. The predicted molar refractivity (Wildman–Crippen MR) is 84.5 cm³/mol. The molecule has 1 saturated carbocycles. The molecule has 0 saturated heterocycles. The van der Waals surface area contributed by atoms with Gasteiger partial charge in [0.05, 0.1) is 6.54 Å². The molecule has 1 rings (SSSR count). The summed E-state index contributed by atoms with van der Waals surface area (Å²) in [4.78, 5) is 14.2. The molecule has 1 amide bonds. The lowest BCUT2D eigenvalue weighted by molar-refractivity contribution is -0.123. The summed E-state index contributed by atoms with van der Waals surface area (Å²) in [5.41, 5.74) is 6.06. The Kier molecular flexibility index (Phi) is 6.96. The van der Waals surface area contributed by atoms with Gasteiger partial charge in [0.1, 0.15) is 0 Å². The van der Waals surface area contributed by atoms with Gasteiger partial charge in [-0.05, 0) is 51.0 Å². The normalized spacial score (nSPS) is 27.1. The molecule has 118 valence electrons. The maximum Gasteiger partial charge on any atom is 0.234 e. The standard InChI is InChI=1S/C16H33N3O/c1-13(2)7-10-18-15(20)11-19(4)16(12-17)8-5-14(3)6-9-16/h13-14H,5-12,17H2,1-4H3,(H,18,20). The highest BCUT2D eigenvalue weighted by molar-refractivity contribution is 5.78. The van der Waals surface area contributed by atoms with E-state index in [0.29, 0.717) is 19.0 Å². The Balaban J connectivity index is 2.42. The summed E-state index contributed by atoms with van der Waals surface area (Å²) in [7, 11) is 2.05. The Morgan fingerprint density at radius 2 is 2.00 bits per heavy atom. The zero-order valence-corrected chi connectivity index (χ0v) is 13.7. The van der Waals surface area contributed by atoms with Gasteiger partial charge in [0.2, 0.25) is 5.91 Å². The number of nitrogens with two attached hydrogens (primary N) is 1. The molecule has 1 aliphatic carbocycles. The molecule has 4 heteroatoms. The van der Waals surface area contributed by atoms with Gasteiger partial charge in [-0.3, -0.25) is 9.69 Å². The van der Waals surface area contributed by atoms with E-state index in [1.54, 1.807) is 0 Å². The van der Waals surface area contributed by atoms with Crippen molar-refractivity contribution in [1.29, 1.82) is 0 Å². The van der Waals surface area contributed by atoms with Gasteiger partial charge in [-0.15, -0.1) is 0 Å². The van der Waals surface area contributed by atoms with Crippen molar-refractivity contribution in [2.24, 2.45) is 17.6 Å². The predicted octanol–water partition coefficient (Wildman–Crippen LogP) is 1.99. The molecule has 3 N–H and O–H groups in total. The highest BCUT2D eigenvalue weighted by atomic mass is 16.2. The molecule has 0 radical (unpaired) electrons. The Morgan fingerprint density at radius 3 is 2.50 bits per heavy atom. The van der Waals surface area contributed by atoms with Crippen LogP contribution in [-0.2, 0) is 4.79 Å². The van der Waals surface area contributed by atoms with E-state index in [4.69, 9.17) is 5.73 Å². The summed E-state index contributed by atoms with van der Waals surface area (Å²) in [6.07, 6.45) is 5.70. The number of nitrogens with zero attached hydrogens (tertiary/aromatic N) is 1. The third kappa shape index (κ3) is 5.06. The van der Waals surface area contributed by atoms with E-state index in [1.165, 1.54) is 12.8 Å². The summed E-state index contributed by atoms with van der Waals surface area (Å²) in [6.45, 7) is 8.53. The molecule has 0 heterocycles. The highest BCUT2D eigenvalue weighted by Crippen LogP contribution is 2.34. The molecular weight excluding hydrogens is 250 g/mol. The number of hydrogen-bond acceptors (Lipinski definition) is 3. The topological polar surface area (TPSA) is 58.4 Å². The minimum Gasteiger partial charge on any atom is -0.355 e. The van der Waals surface area contributed by atoms with Crippen molar-refractivity contribution in [2.45, 2.75) is 58.4 Å². The van der Waals surface area contributed by atoms with Crippen LogP contribution in [0.15, 0.2) is 0 Å². The van der Waals surface area contributed by atoms with Gasteiger partial charge in [0.15, 0.2) is 0 Å². The number of likely N-dealkylation sites (N-methyl/N-ethyl adjacent to an activating group) is 1. The SMILES string of the molecule is CC(C)CCNC(=O)CN(C)C1(CN)CCC(C)CC1. The Morgan fingerprint density at radius 1 is 1.40 bits per heavy atom. The molecule has 0 bridgehead atoms. The molecule has 1 fully saturated rings. The van der Waals surface area contributed by atoms with Crippen LogP contribution in [0.2, 0.25) is 0 Å². The van der Waals surface area contributed by atoms with Crippen LogP contribution in [0.4, 0.5) is 0 Å². The number of nitrogens with one attached hydrogen (secondary N) is 1. The first-order chi connectivity index (χ1) is 9.39. The molecule has 1 aliphatic rings. The lowest BCUT2D eigenvalue weighted by Gasteiger charge is -2.45. The second-order valence-electron chi connectivity index (χ2n) is 7.00. The first-order valence-corrected chi connectivity index (χ1v) is 8.07. The lowest BCUT2D eigenvalue weighted by atomic mass is 9.76. The fourth-order valence-electron chi connectivity index (χ4n) is 2.98. The van der Waals surface area contributed by atoms with Gasteiger partial charge in [-0.2, -0.15) is 0 Å². The third-order valence-corrected chi connectivity index (χ3v) is 4.82. The second-order valence-corrected chi connectivity index (χ2v) is 7.00. The number of rotatable bonds is 7. The molecule has 0 aromatic carbocycles. The van der Waals surface area contributed by atoms with Gasteiger partial charge in [0.25, 0.3) is 0 Å². The average Bonchev–Trinajstić information content (AvgIpc) is 2.39. The summed E-state index contributed by atoms with van der Waals surface area (Å²) in [6, 6.07) is 0. The summed E-state index contributed by atoms with van der Waals surface area (Å²) < 4.78 is 0. The number of hydrogen-bond donors (Lipinski definition) is 2. The number of carbonyl (C=O) groups excluding carboxylic acids is 1. The van der Waals surface area contributed by atoms with Gasteiger partial charge >= 0.3 is 0 Å². The van der Waals surface area contributed by atoms with Crippen LogP contribution in [0.3, 0.4) is 0 Å². The van der Waals surface area contributed by atoms with Gasteiger partial charge in [-0.25, -0.2) is 0 Å². The summed E-state index contributed by atoms with van der Waals surface area (Å²) in [5, 5.41) is 3.01. The molecule has 0 unspecified atom stereocenters. The molecule has 4 nitrogen and oxygen atoms in total. The van der Waals surface area contributed by atoms with E-state index >= 15 is 0 Å². The Bertz CT molecular complexity index is 296. The van der Waals surface area contributed by atoms with Crippen LogP contribution in [-0.4, -0.2) is 43.0 Å². The van der Waals surface area contributed by atoms with Crippen LogP contribution in [0, 0.1) is 11.8 Å². The van der Waals surface area contributed by atoms with Crippen LogP contribution < -0.4 is 11.1 Å². The van der Waals surface area contributed by atoms with E-state index in [1.807, 2.05) is 7.05 Å². The van der Waals surface area contributed by atoms with Crippen molar-refractivity contribution in [1.82, 2.24) is 10.2 Å². The van der Waals surface area contributed by atoms with Gasteiger partial charge in [0, 0.05) is 18.6 Å². The smallest absolute Gasteiger partial charge is 0.234 e. The fraction of sp³-hybridized carbons (Fsp3) is 0.938. The van der Waals surface area contributed by atoms with E-state index in [-0.39, 0.29) is 11.4 Å². The van der Waals surface area contributed by atoms with Crippen molar-refractivity contribution in [2.75, 3.05) is 26.7 Å². The zero-order valence-electron chi connectivity index (χ0n) is 13.7. The average molecular weight is 283 g/mol. The van der Waals surface area contributed by atoms with Gasteiger partial charge in [-0.1, -0.05) is 20.8 Å². The van der Waals surface area contributed by atoms with Crippen LogP contribution in [0.5, 0.6) is 0 Å². The Hall–Kier alpha value is -0.610. The van der Waals surface area contributed by atoms with Crippen molar-refractivity contribution in [3.05, 3.63) is 0 Å². The van der Waals surface area contributed by atoms with Crippen molar-refractivity contribution in [3.8, 4) is 0 Å². The zero-order chi connectivity index (χ0) is 15.2. The minimum absolute atomic E-state index is 0.0297. The molecule has 0 aromatic rings. The number of carbonyl (C=O) groups is 1. The first kappa shape index (κ1) is 17.4. The Labute approximate surface area is 124 Å². The largest absolute Gasteiger partial charge is 0.355 e. The summed E-state index contributed by atoms with van der Waals surface area (Å²) in [5.74, 6) is 1.55. The van der Waals surface area contributed by atoms with Gasteiger partial charge < -0.3 is 11.1 Å². The lowest BCUT2D eigenvalue weighted by Crippen LogP contribution is -2.56. The maximum atomic E-state index is 12.0. The van der Waals surface area contributed by atoms with Crippen LogP contribution in [0.25, 0.3) is 0 Å². The molecule has 20 heavy (non-hydrogen) atoms. The summed E-state index contributed by atoms with van der Waals surface area (Å²) >= 11 is 0. The third-order valence-electron chi connectivity index (χ3n) is 4.82. The maximum absolute atomic E-state index is 12.0. The first-order valence-electron chi connectivity index (χ1n) is 8.07. The highest BCUT2D eigenvalue weighted by Gasteiger charge is 2.37. The van der Waals surface area contributed by atoms with Crippen molar-refractivity contribution >= 4 is 5.91 Å². The second kappa shape index (κ2) is 7.99. The van der Waals surface area contributed by atoms with Crippen molar-refractivity contribution in [3.63, 3.8) is 0 Å². The monoisotopic (exact) mass is 283 g/mol. The van der Waals surface area contributed by atoms with Crippen molar-refractivity contribution < 1.29 is 4.79 Å². The number of amides is 1. The molecule has 0 aromatic heterocycles.